The van der Waals surface area contributed by atoms with Crippen molar-refractivity contribution in [1.29, 1.82) is 0 Å². The zero-order valence-corrected chi connectivity index (χ0v) is 14.5. The lowest BCUT2D eigenvalue weighted by molar-refractivity contribution is -0.120. The fourth-order valence-corrected chi connectivity index (χ4v) is 2.97. The number of nitrogens with zero attached hydrogens (tertiary/aromatic N) is 1. The maximum Gasteiger partial charge on any atom is 0.339 e. The molecule has 0 aromatic heterocycles. The summed E-state index contributed by atoms with van der Waals surface area (Å²) in [4.78, 5) is 26.1. The molecule has 0 aliphatic carbocycles. The first-order valence-corrected chi connectivity index (χ1v) is 7.90. The van der Waals surface area contributed by atoms with E-state index in [0.29, 0.717) is 33.3 Å². The van der Waals surface area contributed by atoms with Crippen LogP contribution in [0.1, 0.15) is 15.9 Å². The van der Waals surface area contributed by atoms with E-state index in [9.17, 15) is 9.59 Å². The molecule has 0 saturated heterocycles. The summed E-state index contributed by atoms with van der Waals surface area (Å²) < 4.78 is 15.7. The molecule has 0 atom stereocenters. The second-order valence-electron chi connectivity index (χ2n) is 5.37. The lowest BCUT2D eigenvalue weighted by atomic mass is 10.1. The largest absolute Gasteiger partial charge is 0.493 e. The van der Waals surface area contributed by atoms with E-state index in [2.05, 4.69) is 0 Å². The summed E-state index contributed by atoms with van der Waals surface area (Å²) in [6.45, 7) is 0.0135. The van der Waals surface area contributed by atoms with Gasteiger partial charge < -0.3 is 19.1 Å². The molecular weight excluding hydrogens is 346 g/mol. The Morgan fingerprint density at radius 1 is 1.24 bits per heavy atom. The second kappa shape index (κ2) is 7.03. The van der Waals surface area contributed by atoms with E-state index in [0.717, 1.165) is 0 Å². The average Bonchev–Trinajstić information content (AvgIpc) is 2.79. The minimum absolute atomic E-state index is 0.180. The molecule has 3 rings (SSSR count). The summed E-state index contributed by atoms with van der Waals surface area (Å²) in [5.41, 5.74) is 1.44. The molecule has 0 radical (unpaired) electrons. The third kappa shape index (κ3) is 3.25. The Morgan fingerprint density at radius 3 is 2.72 bits per heavy atom. The fourth-order valence-electron chi connectivity index (χ4n) is 2.74. The molecule has 1 aliphatic heterocycles. The van der Waals surface area contributed by atoms with E-state index < -0.39 is 5.97 Å². The number of amides is 1. The standard InChI is InChI=1S/C18H16ClNO5/c1-23-15-8-12(19)7-11-9-20(16(21)10-25-17(11)15)14-6-4-3-5-13(14)18(22)24-2/h3-8H,9-10H2,1-2H3. The molecule has 1 heterocycles. The molecule has 6 nitrogen and oxygen atoms in total. The summed E-state index contributed by atoms with van der Waals surface area (Å²) in [6, 6.07) is 10.1. The summed E-state index contributed by atoms with van der Waals surface area (Å²) in [5, 5.41) is 0.467. The van der Waals surface area contributed by atoms with Crippen LogP contribution in [0.15, 0.2) is 36.4 Å². The predicted molar refractivity (Wildman–Crippen MR) is 92.5 cm³/mol. The van der Waals surface area contributed by atoms with Gasteiger partial charge in [-0.1, -0.05) is 23.7 Å². The number of carbonyl (C=O) groups is 2. The molecule has 0 fully saturated rings. The van der Waals surface area contributed by atoms with Crippen LogP contribution < -0.4 is 14.4 Å². The first kappa shape index (κ1) is 17.1. The summed E-state index contributed by atoms with van der Waals surface area (Å²) in [5.74, 6) is 0.125. The zero-order chi connectivity index (χ0) is 18.0. The Labute approximate surface area is 149 Å². The van der Waals surface area contributed by atoms with Crippen LogP contribution in [0.3, 0.4) is 0 Å². The van der Waals surface area contributed by atoms with E-state index in [1.165, 1.54) is 19.1 Å². The van der Waals surface area contributed by atoms with Crippen molar-refractivity contribution in [2.75, 3.05) is 25.7 Å². The number of hydrogen-bond acceptors (Lipinski definition) is 5. The van der Waals surface area contributed by atoms with Gasteiger partial charge in [0.15, 0.2) is 18.1 Å². The predicted octanol–water partition coefficient (Wildman–Crippen LogP) is 3.06. The number of anilines is 1. The Morgan fingerprint density at radius 2 is 2.00 bits per heavy atom. The molecule has 2 aromatic rings. The van der Waals surface area contributed by atoms with E-state index in [1.54, 1.807) is 36.4 Å². The first-order valence-electron chi connectivity index (χ1n) is 7.52. The van der Waals surface area contributed by atoms with Gasteiger partial charge in [-0.15, -0.1) is 0 Å². The third-order valence-electron chi connectivity index (χ3n) is 3.89. The van der Waals surface area contributed by atoms with Crippen LogP contribution in [-0.4, -0.2) is 32.7 Å². The van der Waals surface area contributed by atoms with Crippen molar-refractivity contribution in [3.05, 3.63) is 52.5 Å². The first-order chi connectivity index (χ1) is 12.0. The van der Waals surface area contributed by atoms with Crippen LogP contribution >= 0.6 is 11.6 Å². The zero-order valence-electron chi connectivity index (χ0n) is 13.7. The number of ether oxygens (including phenoxy) is 3. The highest BCUT2D eigenvalue weighted by molar-refractivity contribution is 6.30. The maximum atomic E-state index is 12.6. The molecular formula is C18H16ClNO5. The van der Waals surface area contributed by atoms with Gasteiger partial charge in [-0.2, -0.15) is 0 Å². The van der Waals surface area contributed by atoms with Gasteiger partial charge in [0.05, 0.1) is 32.0 Å². The Hall–Kier alpha value is -2.73. The molecule has 1 amide bonds. The van der Waals surface area contributed by atoms with Gasteiger partial charge >= 0.3 is 5.97 Å². The van der Waals surface area contributed by atoms with Crippen molar-refractivity contribution in [2.24, 2.45) is 0 Å². The average molecular weight is 362 g/mol. The third-order valence-corrected chi connectivity index (χ3v) is 4.10. The Bertz CT molecular complexity index is 836. The number of rotatable bonds is 3. The highest BCUT2D eigenvalue weighted by atomic mass is 35.5. The number of hydrogen-bond donors (Lipinski definition) is 0. The molecule has 0 N–H and O–H groups in total. The lowest BCUT2D eigenvalue weighted by Gasteiger charge is -2.22. The van der Waals surface area contributed by atoms with Crippen molar-refractivity contribution < 1.29 is 23.8 Å². The SMILES string of the molecule is COC(=O)c1ccccc1N1Cc2cc(Cl)cc(OC)c2OCC1=O. The minimum atomic E-state index is -0.516. The smallest absolute Gasteiger partial charge is 0.339 e. The van der Waals surface area contributed by atoms with Crippen molar-refractivity contribution in [3.8, 4) is 11.5 Å². The Kier molecular flexibility index (Phi) is 4.81. The summed E-state index contributed by atoms with van der Waals surface area (Å²) >= 11 is 6.14. The van der Waals surface area contributed by atoms with Crippen molar-refractivity contribution >= 4 is 29.2 Å². The molecule has 130 valence electrons. The van der Waals surface area contributed by atoms with Crippen LogP contribution in [0.25, 0.3) is 0 Å². The van der Waals surface area contributed by atoms with Crippen molar-refractivity contribution in [2.45, 2.75) is 6.54 Å². The van der Waals surface area contributed by atoms with Crippen molar-refractivity contribution in [1.82, 2.24) is 0 Å². The second-order valence-corrected chi connectivity index (χ2v) is 5.81. The maximum absolute atomic E-state index is 12.6. The highest BCUT2D eigenvalue weighted by Gasteiger charge is 2.28. The molecule has 0 unspecified atom stereocenters. The van der Waals surface area contributed by atoms with Gasteiger partial charge in [0.25, 0.3) is 5.91 Å². The fraction of sp³-hybridized carbons (Fsp3) is 0.222. The van der Waals surface area contributed by atoms with Crippen LogP contribution in [-0.2, 0) is 16.1 Å². The number of methoxy groups -OCH3 is 2. The van der Waals surface area contributed by atoms with Crippen LogP contribution in [0.2, 0.25) is 5.02 Å². The number of carbonyl (C=O) groups excluding carboxylic acids is 2. The van der Waals surface area contributed by atoms with E-state index in [1.807, 2.05) is 0 Å². The van der Waals surface area contributed by atoms with Gasteiger partial charge in [-0.25, -0.2) is 4.79 Å². The molecule has 7 heteroatoms. The number of benzene rings is 2. The van der Waals surface area contributed by atoms with Crippen LogP contribution in [0.4, 0.5) is 5.69 Å². The topological polar surface area (TPSA) is 65.1 Å². The molecule has 2 aromatic carbocycles. The van der Waals surface area contributed by atoms with E-state index in [-0.39, 0.29) is 19.1 Å². The van der Waals surface area contributed by atoms with E-state index in [4.69, 9.17) is 25.8 Å². The van der Waals surface area contributed by atoms with Gasteiger partial charge in [0.2, 0.25) is 0 Å². The van der Waals surface area contributed by atoms with Gasteiger partial charge in [-0.3, -0.25) is 4.79 Å². The summed E-state index contributed by atoms with van der Waals surface area (Å²) in [6.07, 6.45) is 0. The van der Waals surface area contributed by atoms with Crippen LogP contribution in [0.5, 0.6) is 11.5 Å². The molecule has 0 spiro atoms. The number of halogens is 1. The Balaban J connectivity index is 2.08. The molecule has 0 bridgehead atoms. The molecule has 0 saturated carbocycles. The lowest BCUT2D eigenvalue weighted by Crippen LogP contribution is -2.33. The molecule has 1 aliphatic rings. The number of esters is 1. The van der Waals surface area contributed by atoms with Gasteiger partial charge in [0.1, 0.15) is 0 Å². The number of para-hydroxylation sites is 1. The van der Waals surface area contributed by atoms with Crippen LogP contribution in [0, 0.1) is 0 Å². The van der Waals surface area contributed by atoms with Gasteiger partial charge in [0, 0.05) is 16.7 Å². The normalized spacial score (nSPS) is 13.6. The number of fused-ring (bicyclic) bond motifs is 1. The van der Waals surface area contributed by atoms with Crippen molar-refractivity contribution in [3.63, 3.8) is 0 Å². The summed E-state index contributed by atoms with van der Waals surface area (Å²) in [7, 11) is 2.80. The minimum Gasteiger partial charge on any atom is -0.493 e. The van der Waals surface area contributed by atoms with Gasteiger partial charge in [-0.05, 0) is 18.2 Å². The van der Waals surface area contributed by atoms with E-state index >= 15 is 0 Å². The highest BCUT2D eigenvalue weighted by Crippen LogP contribution is 2.38. The molecule has 25 heavy (non-hydrogen) atoms. The quantitative estimate of drug-likeness (QED) is 0.786. The monoisotopic (exact) mass is 361 g/mol.